The average Bonchev–Trinajstić information content (AvgIpc) is 2.64. The Morgan fingerprint density at radius 3 is 2.83 bits per heavy atom. The molecule has 2 rings (SSSR count). The van der Waals surface area contributed by atoms with Crippen LogP contribution in [0.3, 0.4) is 0 Å². The number of hydrogen-bond acceptors (Lipinski definition) is 3. The summed E-state index contributed by atoms with van der Waals surface area (Å²) in [6.45, 7) is 3.50. The van der Waals surface area contributed by atoms with Gasteiger partial charge in [-0.3, -0.25) is 0 Å². The highest BCUT2D eigenvalue weighted by molar-refractivity contribution is 5.90. The summed E-state index contributed by atoms with van der Waals surface area (Å²) in [5, 5.41) is 13.4. The predicted octanol–water partition coefficient (Wildman–Crippen LogP) is 2.44. The number of urea groups is 1. The largest absolute Gasteiger partial charge is 0.388 e. The van der Waals surface area contributed by atoms with Gasteiger partial charge in [0.25, 0.3) is 0 Å². The first kappa shape index (κ1) is 17.7. The number of carbonyl (C=O) groups is 1. The van der Waals surface area contributed by atoms with E-state index in [0.29, 0.717) is 38.2 Å². The van der Waals surface area contributed by atoms with Gasteiger partial charge in [0.1, 0.15) is 5.82 Å². The molecule has 1 aliphatic rings. The van der Waals surface area contributed by atoms with Gasteiger partial charge in [-0.1, -0.05) is 6.07 Å². The molecule has 1 aliphatic heterocycles. The summed E-state index contributed by atoms with van der Waals surface area (Å²) in [5.74, 6) is -0.373. The molecule has 128 valence electrons. The minimum Gasteiger partial charge on any atom is -0.388 e. The molecule has 0 spiro atoms. The summed E-state index contributed by atoms with van der Waals surface area (Å²) >= 11 is 0. The third-order valence-corrected chi connectivity index (χ3v) is 4.26. The van der Waals surface area contributed by atoms with Crippen LogP contribution in [0.25, 0.3) is 0 Å². The molecule has 2 N–H and O–H groups in total. The molecule has 5 nitrogen and oxygen atoms in total. The molecule has 0 bridgehead atoms. The van der Waals surface area contributed by atoms with Gasteiger partial charge in [0, 0.05) is 25.3 Å². The number of halogens is 1. The Bertz CT molecular complexity index is 565. The zero-order valence-electron chi connectivity index (χ0n) is 14.1. The zero-order chi connectivity index (χ0) is 17.0. The van der Waals surface area contributed by atoms with Gasteiger partial charge in [-0.05, 0) is 58.0 Å². The van der Waals surface area contributed by atoms with Crippen molar-refractivity contribution in [2.75, 3.05) is 39.0 Å². The first-order valence-electron chi connectivity index (χ1n) is 7.98. The number of aryl methyl sites for hydroxylation is 1. The third kappa shape index (κ3) is 4.91. The highest BCUT2D eigenvalue weighted by Crippen LogP contribution is 2.24. The van der Waals surface area contributed by atoms with E-state index in [4.69, 9.17) is 0 Å². The van der Waals surface area contributed by atoms with Crippen molar-refractivity contribution in [1.29, 1.82) is 0 Å². The Labute approximate surface area is 137 Å². The highest BCUT2D eigenvalue weighted by Gasteiger charge is 2.32. The number of likely N-dealkylation sites (N-methyl/N-ethyl adjacent to an activating group) is 1. The van der Waals surface area contributed by atoms with E-state index in [1.165, 1.54) is 12.1 Å². The van der Waals surface area contributed by atoms with Crippen molar-refractivity contribution in [2.45, 2.75) is 31.8 Å². The van der Waals surface area contributed by atoms with Crippen LogP contribution in [0.5, 0.6) is 0 Å². The van der Waals surface area contributed by atoms with Crippen molar-refractivity contribution in [3.8, 4) is 0 Å². The molecule has 1 heterocycles. The molecular formula is C17H26FN3O2. The lowest BCUT2D eigenvalue weighted by Gasteiger charge is -2.30. The van der Waals surface area contributed by atoms with Gasteiger partial charge in [-0.15, -0.1) is 0 Å². The second-order valence-electron chi connectivity index (χ2n) is 6.69. The number of nitrogens with one attached hydrogen (secondary N) is 1. The molecule has 1 atom stereocenters. The topological polar surface area (TPSA) is 55.8 Å². The number of rotatable bonds is 3. The number of nitrogens with zero attached hydrogens (tertiary/aromatic N) is 2. The lowest BCUT2D eigenvalue weighted by atomic mass is 9.94. The monoisotopic (exact) mass is 323 g/mol. The van der Waals surface area contributed by atoms with E-state index in [-0.39, 0.29) is 11.8 Å². The van der Waals surface area contributed by atoms with Crippen LogP contribution in [0, 0.1) is 12.7 Å². The summed E-state index contributed by atoms with van der Waals surface area (Å²) < 4.78 is 13.3. The van der Waals surface area contributed by atoms with E-state index >= 15 is 0 Å². The molecule has 1 fully saturated rings. The lowest BCUT2D eigenvalue weighted by Crippen LogP contribution is -2.42. The maximum atomic E-state index is 13.3. The van der Waals surface area contributed by atoms with Crippen LogP contribution in [-0.2, 0) is 0 Å². The maximum Gasteiger partial charge on any atom is 0.321 e. The molecular weight excluding hydrogens is 297 g/mol. The minimum absolute atomic E-state index is 0.243. The van der Waals surface area contributed by atoms with Crippen LogP contribution in [0.15, 0.2) is 18.2 Å². The molecule has 0 saturated carbocycles. The van der Waals surface area contributed by atoms with Crippen molar-refractivity contribution in [3.05, 3.63) is 29.6 Å². The van der Waals surface area contributed by atoms with Gasteiger partial charge in [-0.2, -0.15) is 0 Å². The third-order valence-electron chi connectivity index (χ3n) is 4.26. The van der Waals surface area contributed by atoms with Crippen molar-refractivity contribution >= 4 is 11.7 Å². The standard InChI is InChI=1S/C17H26FN3O2/c1-13-5-6-14(18)11-15(13)19-16(22)21-9-4-7-17(23,8-10-21)12-20(2)3/h5-6,11,23H,4,7-10,12H2,1-3H3,(H,19,22)/t17-/m0/s1. The Morgan fingerprint density at radius 1 is 1.39 bits per heavy atom. The molecule has 6 heteroatoms. The van der Waals surface area contributed by atoms with Crippen molar-refractivity contribution in [3.63, 3.8) is 0 Å². The average molecular weight is 323 g/mol. The first-order chi connectivity index (χ1) is 10.8. The Balaban J connectivity index is 1.99. The van der Waals surface area contributed by atoms with Gasteiger partial charge in [0.05, 0.1) is 5.60 Å². The van der Waals surface area contributed by atoms with E-state index in [2.05, 4.69) is 5.32 Å². The fourth-order valence-corrected chi connectivity index (χ4v) is 3.05. The van der Waals surface area contributed by atoms with Crippen LogP contribution in [0.4, 0.5) is 14.9 Å². The molecule has 1 aromatic carbocycles. The maximum absolute atomic E-state index is 13.3. The summed E-state index contributed by atoms with van der Waals surface area (Å²) in [4.78, 5) is 16.1. The molecule has 2 amide bonds. The van der Waals surface area contributed by atoms with E-state index < -0.39 is 5.60 Å². The van der Waals surface area contributed by atoms with Crippen molar-refractivity contribution in [1.82, 2.24) is 9.80 Å². The SMILES string of the molecule is Cc1ccc(F)cc1NC(=O)N1CCC[C@@](O)(CN(C)C)CC1. The second-order valence-corrected chi connectivity index (χ2v) is 6.69. The summed E-state index contributed by atoms with van der Waals surface area (Å²) in [6.07, 6.45) is 1.97. The Kier molecular flexibility index (Phi) is 5.59. The van der Waals surface area contributed by atoms with Crippen LogP contribution in [-0.4, -0.2) is 60.3 Å². The lowest BCUT2D eigenvalue weighted by molar-refractivity contribution is 0.00361. The van der Waals surface area contributed by atoms with Gasteiger partial charge >= 0.3 is 6.03 Å². The zero-order valence-corrected chi connectivity index (χ0v) is 14.1. The molecule has 1 saturated heterocycles. The first-order valence-corrected chi connectivity index (χ1v) is 7.98. The predicted molar refractivity (Wildman–Crippen MR) is 89.1 cm³/mol. The smallest absolute Gasteiger partial charge is 0.321 e. The number of carbonyl (C=O) groups excluding carboxylic acids is 1. The quantitative estimate of drug-likeness (QED) is 0.898. The van der Waals surface area contributed by atoms with E-state index in [1.54, 1.807) is 11.0 Å². The highest BCUT2D eigenvalue weighted by atomic mass is 19.1. The van der Waals surface area contributed by atoms with Crippen molar-refractivity contribution in [2.24, 2.45) is 0 Å². The van der Waals surface area contributed by atoms with Crippen LogP contribution in [0.1, 0.15) is 24.8 Å². The summed E-state index contributed by atoms with van der Waals surface area (Å²) in [6, 6.07) is 4.10. The number of anilines is 1. The van der Waals surface area contributed by atoms with E-state index in [0.717, 1.165) is 12.0 Å². The van der Waals surface area contributed by atoms with Crippen LogP contribution < -0.4 is 5.32 Å². The summed E-state index contributed by atoms with van der Waals surface area (Å²) in [7, 11) is 3.86. The summed E-state index contributed by atoms with van der Waals surface area (Å²) in [5.41, 5.74) is 0.550. The number of aliphatic hydroxyl groups is 1. The van der Waals surface area contributed by atoms with Gasteiger partial charge in [0.15, 0.2) is 0 Å². The van der Waals surface area contributed by atoms with E-state index in [1.807, 2.05) is 25.9 Å². The second kappa shape index (κ2) is 7.27. The molecule has 0 radical (unpaired) electrons. The van der Waals surface area contributed by atoms with Gasteiger partial charge in [-0.25, -0.2) is 9.18 Å². The molecule has 1 aromatic rings. The van der Waals surface area contributed by atoms with E-state index in [9.17, 15) is 14.3 Å². The minimum atomic E-state index is -0.757. The van der Waals surface area contributed by atoms with Gasteiger partial charge < -0.3 is 20.2 Å². The number of benzene rings is 1. The molecule has 0 unspecified atom stereocenters. The molecule has 0 aromatic heterocycles. The van der Waals surface area contributed by atoms with Crippen molar-refractivity contribution < 1.29 is 14.3 Å². The normalized spacial score (nSPS) is 22.1. The van der Waals surface area contributed by atoms with Gasteiger partial charge in [0.2, 0.25) is 0 Å². The van der Waals surface area contributed by atoms with Crippen LogP contribution in [0.2, 0.25) is 0 Å². The molecule has 23 heavy (non-hydrogen) atoms. The fraction of sp³-hybridized carbons (Fsp3) is 0.588. The molecule has 0 aliphatic carbocycles. The number of likely N-dealkylation sites (tertiary alicyclic amines) is 1. The Morgan fingerprint density at radius 2 is 2.13 bits per heavy atom. The van der Waals surface area contributed by atoms with Crippen LogP contribution >= 0.6 is 0 Å². The number of hydrogen-bond donors (Lipinski definition) is 2. The number of amides is 2. The fourth-order valence-electron chi connectivity index (χ4n) is 3.05. The Hall–Kier alpha value is -1.66.